The number of amides is 1. The first kappa shape index (κ1) is 16.0. The molecule has 0 aromatic carbocycles. The predicted molar refractivity (Wildman–Crippen MR) is 71.9 cm³/mol. The number of carboxylic acid groups (broad SMARTS) is 1. The van der Waals surface area contributed by atoms with Gasteiger partial charge in [0.05, 0.1) is 5.60 Å². The number of rotatable bonds is 7. The van der Waals surface area contributed by atoms with Gasteiger partial charge >= 0.3 is 5.97 Å². The fourth-order valence-electron chi connectivity index (χ4n) is 2.59. The van der Waals surface area contributed by atoms with Crippen LogP contribution >= 0.6 is 0 Å². The molecule has 0 aromatic heterocycles. The van der Waals surface area contributed by atoms with E-state index in [-0.39, 0.29) is 30.4 Å². The van der Waals surface area contributed by atoms with Crippen molar-refractivity contribution in [1.29, 1.82) is 0 Å². The van der Waals surface area contributed by atoms with Gasteiger partial charge in [0.25, 0.3) is 0 Å². The molecule has 5 nitrogen and oxygen atoms in total. The summed E-state index contributed by atoms with van der Waals surface area (Å²) < 4.78 is 5.86. The summed E-state index contributed by atoms with van der Waals surface area (Å²) in [4.78, 5) is 22.1. The molecule has 1 aliphatic rings. The lowest BCUT2D eigenvalue weighted by Gasteiger charge is -2.40. The number of carbonyl (C=O) groups is 2. The van der Waals surface area contributed by atoms with E-state index >= 15 is 0 Å². The summed E-state index contributed by atoms with van der Waals surface area (Å²) in [6.07, 6.45) is 4.34. The maximum Gasteiger partial charge on any atom is 0.303 e. The van der Waals surface area contributed by atoms with Crippen LogP contribution in [0, 0.1) is 0 Å². The van der Waals surface area contributed by atoms with E-state index in [9.17, 15) is 9.59 Å². The molecule has 0 bridgehead atoms. The maximum atomic E-state index is 11.7. The highest BCUT2D eigenvalue weighted by atomic mass is 16.5. The van der Waals surface area contributed by atoms with E-state index in [0.717, 1.165) is 25.7 Å². The van der Waals surface area contributed by atoms with Crippen molar-refractivity contribution in [3.63, 3.8) is 0 Å². The van der Waals surface area contributed by atoms with Crippen molar-refractivity contribution in [3.05, 3.63) is 0 Å². The third-order valence-electron chi connectivity index (χ3n) is 3.94. The van der Waals surface area contributed by atoms with Gasteiger partial charge < -0.3 is 15.2 Å². The normalized spacial score (nSPS) is 21.9. The zero-order valence-corrected chi connectivity index (χ0v) is 11.9. The Morgan fingerprint density at radius 1 is 1.32 bits per heavy atom. The largest absolute Gasteiger partial charge is 0.481 e. The topological polar surface area (TPSA) is 75.6 Å². The molecular formula is C14H25NO4. The van der Waals surface area contributed by atoms with Crippen LogP contribution in [-0.4, -0.2) is 35.2 Å². The SMILES string of the molecule is CCC1(CC)CC(NC(=O)CCCC(=O)O)CCO1. The predicted octanol–water partition coefficient (Wildman–Crippen LogP) is 2.10. The van der Waals surface area contributed by atoms with Crippen molar-refractivity contribution in [2.45, 2.75) is 70.4 Å². The molecule has 0 spiro atoms. The molecule has 1 unspecified atom stereocenters. The lowest BCUT2D eigenvalue weighted by atomic mass is 9.86. The number of hydrogen-bond donors (Lipinski definition) is 2. The highest BCUT2D eigenvalue weighted by Crippen LogP contribution is 2.31. The van der Waals surface area contributed by atoms with Crippen LogP contribution < -0.4 is 5.32 Å². The Kier molecular flexibility index (Phi) is 6.28. The second kappa shape index (κ2) is 7.48. The fourth-order valence-corrected chi connectivity index (χ4v) is 2.59. The molecule has 5 heteroatoms. The lowest BCUT2D eigenvalue weighted by molar-refractivity contribution is -0.137. The summed E-state index contributed by atoms with van der Waals surface area (Å²) in [5.74, 6) is -0.899. The summed E-state index contributed by atoms with van der Waals surface area (Å²) >= 11 is 0. The number of aliphatic carboxylic acids is 1. The number of ether oxygens (including phenoxy) is 1. The van der Waals surface area contributed by atoms with Gasteiger partial charge in [0, 0.05) is 25.5 Å². The van der Waals surface area contributed by atoms with E-state index in [1.165, 1.54) is 0 Å². The van der Waals surface area contributed by atoms with Crippen LogP contribution in [0.1, 0.15) is 58.8 Å². The highest BCUT2D eigenvalue weighted by Gasteiger charge is 2.34. The van der Waals surface area contributed by atoms with Gasteiger partial charge in [0.2, 0.25) is 5.91 Å². The molecule has 0 radical (unpaired) electrons. The van der Waals surface area contributed by atoms with Gasteiger partial charge in [0.15, 0.2) is 0 Å². The monoisotopic (exact) mass is 271 g/mol. The molecular weight excluding hydrogens is 246 g/mol. The molecule has 1 heterocycles. The van der Waals surface area contributed by atoms with Gasteiger partial charge in [-0.25, -0.2) is 0 Å². The van der Waals surface area contributed by atoms with Crippen LogP contribution in [0.2, 0.25) is 0 Å². The van der Waals surface area contributed by atoms with Gasteiger partial charge in [0.1, 0.15) is 0 Å². The zero-order valence-electron chi connectivity index (χ0n) is 11.9. The van der Waals surface area contributed by atoms with Crippen LogP contribution in [0.5, 0.6) is 0 Å². The van der Waals surface area contributed by atoms with Crippen molar-refractivity contribution < 1.29 is 19.4 Å². The van der Waals surface area contributed by atoms with Crippen LogP contribution in [0.3, 0.4) is 0 Å². The molecule has 1 amide bonds. The first-order valence-corrected chi connectivity index (χ1v) is 7.16. The minimum Gasteiger partial charge on any atom is -0.481 e. The van der Waals surface area contributed by atoms with E-state index in [2.05, 4.69) is 19.2 Å². The minimum atomic E-state index is -0.852. The number of hydrogen-bond acceptors (Lipinski definition) is 3. The van der Waals surface area contributed by atoms with Crippen molar-refractivity contribution in [2.24, 2.45) is 0 Å². The minimum absolute atomic E-state index is 0.0470. The quantitative estimate of drug-likeness (QED) is 0.743. The molecule has 0 saturated carbocycles. The number of carboxylic acids is 1. The average Bonchev–Trinajstić information content (AvgIpc) is 2.38. The van der Waals surface area contributed by atoms with Crippen molar-refractivity contribution in [1.82, 2.24) is 5.32 Å². The Bertz CT molecular complexity index is 313. The van der Waals surface area contributed by atoms with Gasteiger partial charge in [-0.2, -0.15) is 0 Å². The maximum absolute atomic E-state index is 11.7. The van der Waals surface area contributed by atoms with E-state index in [1.54, 1.807) is 0 Å². The van der Waals surface area contributed by atoms with Crippen molar-refractivity contribution >= 4 is 11.9 Å². The molecule has 0 aliphatic carbocycles. The Morgan fingerprint density at radius 2 is 2.00 bits per heavy atom. The Hall–Kier alpha value is -1.10. The average molecular weight is 271 g/mol. The Labute approximate surface area is 114 Å². The lowest BCUT2D eigenvalue weighted by Crippen LogP contribution is -2.48. The molecule has 1 saturated heterocycles. The molecule has 1 aliphatic heterocycles. The number of nitrogens with one attached hydrogen (secondary N) is 1. The van der Waals surface area contributed by atoms with Gasteiger partial charge in [-0.05, 0) is 32.1 Å². The molecule has 1 atom stereocenters. The molecule has 1 rings (SSSR count). The van der Waals surface area contributed by atoms with Gasteiger partial charge in [-0.15, -0.1) is 0 Å². The number of carbonyl (C=O) groups excluding carboxylic acids is 1. The first-order chi connectivity index (χ1) is 9.01. The standard InChI is InChI=1S/C14H25NO4/c1-3-14(4-2)10-11(8-9-19-14)15-12(16)6-5-7-13(17)18/h11H,3-10H2,1-2H3,(H,15,16)(H,17,18). The van der Waals surface area contributed by atoms with E-state index in [1.807, 2.05) is 0 Å². The Balaban J connectivity index is 2.35. The fraction of sp³-hybridized carbons (Fsp3) is 0.857. The zero-order chi connectivity index (χ0) is 14.3. The second-order valence-corrected chi connectivity index (χ2v) is 5.24. The molecule has 2 N–H and O–H groups in total. The van der Waals surface area contributed by atoms with Crippen molar-refractivity contribution in [2.75, 3.05) is 6.61 Å². The second-order valence-electron chi connectivity index (χ2n) is 5.24. The highest BCUT2D eigenvalue weighted by molar-refractivity contribution is 5.77. The summed E-state index contributed by atoms with van der Waals surface area (Å²) in [5.41, 5.74) is -0.0999. The summed E-state index contributed by atoms with van der Waals surface area (Å²) in [7, 11) is 0. The third-order valence-corrected chi connectivity index (χ3v) is 3.94. The summed E-state index contributed by atoms with van der Waals surface area (Å²) in [6.45, 7) is 4.91. The molecule has 0 aromatic rings. The molecule has 19 heavy (non-hydrogen) atoms. The third kappa shape index (κ3) is 5.19. The molecule has 1 fully saturated rings. The van der Waals surface area contributed by atoms with E-state index in [0.29, 0.717) is 13.0 Å². The van der Waals surface area contributed by atoms with E-state index in [4.69, 9.17) is 9.84 Å². The van der Waals surface area contributed by atoms with Crippen LogP contribution in [0.25, 0.3) is 0 Å². The Morgan fingerprint density at radius 3 is 2.58 bits per heavy atom. The first-order valence-electron chi connectivity index (χ1n) is 7.16. The van der Waals surface area contributed by atoms with Crippen molar-refractivity contribution in [3.8, 4) is 0 Å². The molecule has 110 valence electrons. The van der Waals surface area contributed by atoms with Crippen LogP contribution in [0.15, 0.2) is 0 Å². The smallest absolute Gasteiger partial charge is 0.303 e. The summed E-state index contributed by atoms with van der Waals surface area (Å²) in [5, 5.41) is 11.5. The van der Waals surface area contributed by atoms with Crippen LogP contribution in [-0.2, 0) is 14.3 Å². The van der Waals surface area contributed by atoms with Gasteiger partial charge in [-0.1, -0.05) is 13.8 Å². The summed E-state index contributed by atoms with van der Waals surface area (Å²) in [6, 6.07) is 0.158. The van der Waals surface area contributed by atoms with Crippen LogP contribution in [0.4, 0.5) is 0 Å². The van der Waals surface area contributed by atoms with E-state index < -0.39 is 5.97 Å². The van der Waals surface area contributed by atoms with Gasteiger partial charge in [-0.3, -0.25) is 9.59 Å².